The van der Waals surface area contributed by atoms with Crippen LogP contribution >= 0.6 is 15.9 Å². The summed E-state index contributed by atoms with van der Waals surface area (Å²) in [6.07, 6.45) is 0. The van der Waals surface area contributed by atoms with Gasteiger partial charge in [-0.05, 0) is 59.3 Å². The van der Waals surface area contributed by atoms with Crippen LogP contribution in [-0.2, 0) is 0 Å². The SMILES string of the molecule is Cc1noc(-c2ccc(C(=O)NNC(=O)c3ccccc3Br)cc2)n1. The van der Waals surface area contributed by atoms with Crippen molar-refractivity contribution in [3.8, 4) is 11.5 Å². The van der Waals surface area contributed by atoms with Crippen molar-refractivity contribution in [3.05, 3.63) is 70.0 Å². The standard InChI is InChI=1S/C17H13BrN4O3/c1-10-19-17(25-22-10)12-8-6-11(7-9-12)15(23)20-21-16(24)13-4-2-3-5-14(13)18/h2-9H,1H3,(H,20,23)(H,21,24). The van der Waals surface area contributed by atoms with E-state index in [2.05, 4.69) is 36.9 Å². The zero-order chi connectivity index (χ0) is 17.8. The van der Waals surface area contributed by atoms with E-state index in [9.17, 15) is 9.59 Å². The first-order valence-corrected chi connectivity index (χ1v) is 8.10. The highest BCUT2D eigenvalue weighted by atomic mass is 79.9. The summed E-state index contributed by atoms with van der Waals surface area (Å²) < 4.78 is 5.71. The second-order valence-corrected chi connectivity index (χ2v) is 5.97. The number of hydrogen-bond donors (Lipinski definition) is 2. The molecule has 0 radical (unpaired) electrons. The quantitative estimate of drug-likeness (QED) is 0.658. The van der Waals surface area contributed by atoms with E-state index < -0.39 is 11.8 Å². The van der Waals surface area contributed by atoms with E-state index >= 15 is 0 Å². The Morgan fingerprint density at radius 2 is 1.68 bits per heavy atom. The molecule has 0 aliphatic carbocycles. The van der Waals surface area contributed by atoms with Crippen LogP contribution in [0.4, 0.5) is 0 Å². The summed E-state index contributed by atoms with van der Waals surface area (Å²) in [4.78, 5) is 28.3. The molecule has 0 atom stereocenters. The van der Waals surface area contributed by atoms with Gasteiger partial charge in [-0.25, -0.2) is 0 Å². The molecule has 1 heterocycles. The molecule has 2 aromatic carbocycles. The Balaban J connectivity index is 1.63. The fourth-order valence-electron chi connectivity index (χ4n) is 2.08. The number of rotatable bonds is 3. The van der Waals surface area contributed by atoms with Crippen molar-refractivity contribution in [2.45, 2.75) is 6.92 Å². The molecule has 1 aromatic heterocycles. The molecule has 0 saturated carbocycles. The normalized spacial score (nSPS) is 10.3. The van der Waals surface area contributed by atoms with Crippen LogP contribution in [0, 0.1) is 6.92 Å². The average molecular weight is 401 g/mol. The van der Waals surface area contributed by atoms with Gasteiger partial charge in [-0.2, -0.15) is 4.98 Å². The van der Waals surface area contributed by atoms with Crippen LogP contribution in [0.2, 0.25) is 0 Å². The first kappa shape index (κ1) is 16.8. The molecule has 7 nitrogen and oxygen atoms in total. The minimum atomic E-state index is -0.436. The van der Waals surface area contributed by atoms with Crippen LogP contribution in [0.25, 0.3) is 11.5 Å². The van der Waals surface area contributed by atoms with E-state index in [-0.39, 0.29) is 0 Å². The van der Waals surface area contributed by atoms with Gasteiger partial charge in [0.15, 0.2) is 5.82 Å². The van der Waals surface area contributed by atoms with E-state index in [0.717, 1.165) is 0 Å². The van der Waals surface area contributed by atoms with Gasteiger partial charge >= 0.3 is 0 Å². The van der Waals surface area contributed by atoms with Gasteiger partial charge in [0.1, 0.15) is 0 Å². The molecule has 2 N–H and O–H groups in total. The third-order valence-corrected chi connectivity index (χ3v) is 4.02. The summed E-state index contributed by atoms with van der Waals surface area (Å²) in [5.74, 6) is 0.0609. The second-order valence-electron chi connectivity index (χ2n) is 5.11. The topological polar surface area (TPSA) is 97.1 Å². The van der Waals surface area contributed by atoms with Crippen molar-refractivity contribution in [1.29, 1.82) is 0 Å². The number of carbonyl (C=O) groups excluding carboxylic acids is 2. The largest absolute Gasteiger partial charge is 0.334 e. The van der Waals surface area contributed by atoms with E-state index in [1.54, 1.807) is 55.5 Å². The van der Waals surface area contributed by atoms with Gasteiger partial charge < -0.3 is 4.52 Å². The number of benzene rings is 2. The van der Waals surface area contributed by atoms with Crippen LogP contribution in [0.5, 0.6) is 0 Å². The number of nitrogens with one attached hydrogen (secondary N) is 2. The molecule has 0 bridgehead atoms. The lowest BCUT2D eigenvalue weighted by atomic mass is 10.1. The smallest absolute Gasteiger partial charge is 0.270 e. The lowest BCUT2D eigenvalue weighted by molar-refractivity contribution is 0.0846. The number of aryl methyl sites for hydroxylation is 1. The highest BCUT2D eigenvalue weighted by Crippen LogP contribution is 2.18. The zero-order valence-electron chi connectivity index (χ0n) is 13.1. The van der Waals surface area contributed by atoms with E-state index in [4.69, 9.17) is 4.52 Å². The number of aromatic nitrogens is 2. The maximum atomic E-state index is 12.1. The highest BCUT2D eigenvalue weighted by molar-refractivity contribution is 9.10. The fourth-order valence-corrected chi connectivity index (χ4v) is 2.54. The Bertz CT molecular complexity index is 922. The highest BCUT2D eigenvalue weighted by Gasteiger charge is 2.12. The van der Waals surface area contributed by atoms with Crippen molar-refractivity contribution < 1.29 is 14.1 Å². The van der Waals surface area contributed by atoms with Gasteiger partial charge in [-0.1, -0.05) is 17.3 Å². The van der Waals surface area contributed by atoms with Crippen LogP contribution < -0.4 is 10.9 Å². The number of hydrogen-bond acceptors (Lipinski definition) is 5. The van der Waals surface area contributed by atoms with Gasteiger partial charge in [-0.3, -0.25) is 20.4 Å². The van der Waals surface area contributed by atoms with Gasteiger partial charge in [0.25, 0.3) is 17.7 Å². The second kappa shape index (κ2) is 7.27. The predicted octanol–water partition coefficient (Wildman–Crippen LogP) is 2.88. The van der Waals surface area contributed by atoms with Gasteiger partial charge in [-0.15, -0.1) is 0 Å². The van der Waals surface area contributed by atoms with Crippen LogP contribution in [0.15, 0.2) is 57.5 Å². The fraction of sp³-hybridized carbons (Fsp3) is 0.0588. The average Bonchev–Trinajstić information content (AvgIpc) is 3.06. The number of amides is 2. The molecule has 3 rings (SSSR count). The Morgan fingerprint density at radius 3 is 2.32 bits per heavy atom. The van der Waals surface area contributed by atoms with Crippen LogP contribution in [0.3, 0.4) is 0 Å². The van der Waals surface area contributed by atoms with Gasteiger partial charge in [0.05, 0.1) is 5.56 Å². The molecular formula is C17H13BrN4O3. The predicted molar refractivity (Wildman–Crippen MR) is 93.5 cm³/mol. The molecule has 0 fully saturated rings. The molecule has 2 amide bonds. The maximum absolute atomic E-state index is 12.1. The summed E-state index contributed by atoms with van der Waals surface area (Å²) in [5.41, 5.74) is 6.26. The lowest BCUT2D eigenvalue weighted by Crippen LogP contribution is -2.41. The lowest BCUT2D eigenvalue weighted by Gasteiger charge is -2.08. The third kappa shape index (κ3) is 3.92. The Hall–Kier alpha value is -3.00. The Kier molecular flexibility index (Phi) is 4.90. The van der Waals surface area contributed by atoms with E-state index in [0.29, 0.717) is 32.9 Å². The number of carbonyl (C=O) groups is 2. The minimum absolute atomic E-state index is 0.381. The van der Waals surface area contributed by atoms with Crippen molar-refractivity contribution >= 4 is 27.7 Å². The molecule has 126 valence electrons. The van der Waals surface area contributed by atoms with Crippen LogP contribution in [-0.4, -0.2) is 22.0 Å². The van der Waals surface area contributed by atoms with Crippen molar-refractivity contribution in [2.75, 3.05) is 0 Å². The number of nitrogens with zero attached hydrogens (tertiary/aromatic N) is 2. The zero-order valence-corrected chi connectivity index (χ0v) is 14.7. The first-order chi connectivity index (χ1) is 12.0. The van der Waals surface area contributed by atoms with Crippen molar-refractivity contribution in [2.24, 2.45) is 0 Å². The molecular weight excluding hydrogens is 388 g/mol. The van der Waals surface area contributed by atoms with E-state index in [1.807, 2.05) is 0 Å². The Morgan fingerprint density at radius 1 is 1.00 bits per heavy atom. The van der Waals surface area contributed by atoms with E-state index in [1.165, 1.54) is 0 Å². The summed E-state index contributed by atoms with van der Waals surface area (Å²) in [7, 11) is 0. The molecule has 8 heteroatoms. The molecule has 25 heavy (non-hydrogen) atoms. The minimum Gasteiger partial charge on any atom is -0.334 e. The molecule has 0 aliphatic rings. The maximum Gasteiger partial charge on any atom is 0.270 e. The molecule has 3 aromatic rings. The summed E-state index contributed by atoms with van der Waals surface area (Å²) in [6, 6.07) is 13.5. The summed E-state index contributed by atoms with van der Waals surface area (Å²) in [5, 5.41) is 3.72. The van der Waals surface area contributed by atoms with Gasteiger partial charge in [0.2, 0.25) is 0 Å². The molecule has 0 spiro atoms. The number of hydrazine groups is 1. The first-order valence-electron chi connectivity index (χ1n) is 7.30. The third-order valence-electron chi connectivity index (χ3n) is 3.33. The molecule has 0 unspecified atom stereocenters. The molecule has 0 aliphatic heterocycles. The summed E-state index contributed by atoms with van der Waals surface area (Å²) >= 11 is 3.29. The van der Waals surface area contributed by atoms with Crippen LogP contribution in [0.1, 0.15) is 26.5 Å². The van der Waals surface area contributed by atoms with Crippen molar-refractivity contribution in [3.63, 3.8) is 0 Å². The molecule has 0 saturated heterocycles. The number of halogens is 1. The monoisotopic (exact) mass is 400 g/mol. The van der Waals surface area contributed by atoms with Gasteiger partial charge in [0, 0.05) is 15.6 Å². The van der Waals surface area contributed by atoms with Crippen molar-refractivity contribution in [1.82, 2.24) is 21.0 Å². The Labute approximate surface area is 151 Å². The summed E-state index contributed by atoms with van der Waals surface area (Å²) in [6.45, 7) is 1.72.